The van der Waals surface area contributed by atoms with E-state index in [1.807, 2.05) is 18.2 Å². The Kier molecular flexibility index (Phi) is 5.11. The average molecular weight is 467 g/mol. The van der Waals surface area contributed by atoms with Crippen LogP contribution in [0.15, 0.2) is 45.8 Å². The predicted molar refractivity (Wildman–Crippen MR) is 125 cm³/mol. The Bertz CT molecular complexity index is 1380. The van der Waals surface area contributed by atoms with E-state index in [1.165, 1.54) is 10.7 Å². The maximum atomic E-state index is 13.3. The number of aromatic nitrogens is 3. The van der Waals surface area contributed by atoms with Crippen LogP contribution in [0, 0.1) is 0 Å². The summed E-state index contributed by atoms with van der Waals surface area (Å²) in [7, 11) is -3.66. The Morgan fingerprint density at radius 2 is 1.85 bits per heavy atom. The standard InChI is InChI=1S/C23H26N6O3S/c1-23(2,31)19-13-20(27-29(19)14-7-4-3-5-8-14)33(24,32)28-22(30)26-21-15-9-6-10-17(15)25-18-12-11-16(18)21/h3-5,7-8,13,31H,6,9-12H2,1-2H3,(H3,24,25,26,28,30,32). The number of carbonyl (C=O) groups excluding carboxylic acids is 1. The number of para-hydroxylation sites is 1. The first-order valence-corrected chi connectivity index (χ1v) is 12.5. The van der Waals surface area contributed by atoms with Gasteiger partial charge in [-0.2, -0.15) is 5.10 Å². The zero-order valence-corrected chi connectivity index (χ0v) is 19.4. The Balaban J connectivity index is 1.51. The van der Waals surface area contributed by atoms with Crippen LogP contribution in [0.4, 0.5) is 10.5 Å². The molecule has 0 bridgehead atoms. The van der Waals surface area contributed by atoms with E-state index >= 15 is 0 Å². The first kappa shape index (κ1) is 21.7. The number of nitrogens with two attached hydrogens (primary N) is 1. The molecule has 1 aromatic carbocycles. The SMILES string of the molecule is CC(C)(O)c1cc(S(N)(=O)=NC(=O)Nc2c3c(nc4c2CC4)CCC3)nn1-c1ccccc1. The molecule has 5 rings (SSSR count). The van der Waals surface area contributed by atoms with Gasteiger partial charge in [0.1, 0.15) is 5.60 Å². The van der Waals surface area contributed by atoms with Crippen LogP contribution in [0.3, 0.4) is 0 Å². The van der Waals surface area contributed by atoms with Gasteiger partial charge in [-0.05, 0) is 69.2 Å². The minimum Gasteiger partial charge on any atom is -0.384 e. The molecule has 2 amide bonds. The van der Waals surface area contributed by atoms with E-state index in [0.717, 1.165) is 60.3 Å². The van der Waals surface area contributed by atoms with E-state index in [4.69, 9.17) is 10.1 Å². The molecule has 33 heavy (non-hydrogen) atoms. The summed E-state index contributed by atoms with van der Waals surface area (Å²) in [5, 5.41) is 23.7. The van der Waals surface area contributed by atoms with Crippen LogP contribution < -0.4 is 10.5 Å². The van der Waals surface area contributed by atoms with Gasteiger partial charge in [-0.25, -0.2) is 18.8 Å². The molecule has 2 aliphatic rings. The predicted octanol–water partition coefficient (Wildman–Crippen LogP) is 3.01. The third-order valence-corrected chi connectivity index (χ3v) is 7.32. The molecule has 2 heterocycles. The molecule has 3 aromatic rings. The van der Waals surface area contributed by atoms with Crippen molar-refractivity contribution in [3.8, 4) is 5.69 Å². The summed E-state index contributed by atoms with van der Waals surface area (Å²) in [5.41, 5.74) is 4.59. The van der Waals surface area contributed by atoms with E-state index in [0.29, 0.717) is 11.4 Å². The number of pyridine rings is 1. The first-order valence-electron chi connectivity index (χ1n) is 10.9. The molecule has 1 atom stereocenters. The van der Waals surface area contributed by atoms with Gasteiger partial charge in [-0.1, -0.05) is 18.2 Å². The van der Waals surface area contributed by atoms with Crippen LogP contribution in [0.25, 0.3) is 5.69 Å². The summed E-state index contributed by atoms with van der Waals surface area (Å²) in [6.45, 7) is 3.19. The van der Waals surface area contributed by atoms with E-state index in [9.17, 15) is 14.1 Å². The number of fused-ring (bicyclic) bond motifs is 2. The Morgan fingerprint density at radius 3 is 2.52 bits per heavy atom. The molecule has 0 saturated carbocycles. The van der Waals surface area contributed by atoms with Crippen LogP contribution in [-0.4, -0.2) is 30.1 Å². The zero-order chi connectivity index (χ0) is 23.4. The van der Waals surface area contributed by atoms with Crippen LogP contribution in [0.1, 0.15) is 48.5 Å². The van der Waals surface area contributed by atoms with E-state index in [-0.39, 0.29) is 5.03 Å². The second-order valence-corrected chi connectivity index (χ2v) is 10.7. The van der Waals surface area contributed by atoms with Crippen molar-refractivity contribution in [1.82, 2.24) is 14.8 Å². The fraction of sp³-hybridized carbons (Fsp3) is 0.348. The summed E-state index contributed by atoms with van der Waals surface area (Å²) in [4.78, 5) is 17.5. The van der Waals surface area contributed by atoms with Gasteiger partial charge in [0.2, 0.25) is 0 Å². The normalized spacial score (nSPS) is 16.4. The van der Waals surface area contributed by atoms with E-state index < -0.39 is 21.5 Å². The lowest BCUT2D eigenvalue weighted by Gasteiger charge is -2.24. The largest absolute Gasteiger partial charge is 0.384 e. The number of aryl methyl sites for hydroxylation is 2. The topological polar surface area (TPSA) is 135 Å². The molecule has 10 heteroatoms. The summed E-state index contributed by atoms with van der Waals surface area (Å²) in [6.07, 6.45) is 4.48. The van der Waals surface area contributed by atoms with Crippen molar-refractivity contribution in [1.29, 1.82) is 0 Å². The molecule has 1 unspecified atom stereocenters. The maximum absolute atomic E-state index is 13.3. The van der Waals surface area contributed by atoms with Gasteiger partial charge >= 0.3 is 6.03 Å². The van der Waals surface area contributed by atoms with Crippen molar-refractivity contribution in [2.75, 3.05) is 5.32 Å². The van der Waals surface area contributed by atoms with Gasteiger partial charge in [0, 0.05) is 17.5 Å². The van der Waals surface area contributed by atoms with Crippen molar-refractivity contribution >= 4 is 21.6 Å². The lowest BCUT2D eigenvalue weighted by atomic mass is 9.89. The first-order chi connectivity index (χ1) is 15.6. The summed E-state index contributed by atoms with van der Waals surface area (Å²) >= 11 is 0. The number of hydrogen-bond donors (Lipinski definition) is 3. The van der Waals surface area contributed by atoms with Crippen LogP contribution >= 0.6 is 0 Å². The van der Waals surface area contributed by atoms with E-state index in [1.54, 1.807) is 26.0 Å². The molecular formula is C23H26N6O3S. The highest BCUT2D eigenvalue weighted by Gasteiger charge is 2.29. The van der Waals surface area contributed by atoms with E-state index in [2.05, 4.69) is 14.8 Å². The van der Waals surface area contributed by atoms with Crippen molar-refractivity contribution in [3.63, 3.8) is 0 Å². The molecule has 0 spiro atoms. The number of urea groups is 1. The quantitative estimate of drug-likeness (QED) is 0.543. The highest BCUT2D eigenvalue weighted by Crippen LogP contribution is 2.37. The van der Waals surface area contributed by atoms with Gasteiger partial charge in [0.15, 0.2) is 14.9 Å². The van der Waals surface area contributed by atoms with Crippen molar-refractivity contribution in [2.45, 2.75) is 56.6 Å². The lowest BCUT2D eigenvalue weighted by Crippen LogP contribution is -2.22. The van der Waals surface area contributed by atoms with Gasteiger partial charge in [0.05, 0.1) is 17.1 Å². The minimum absolute atomic E-state index is 0.0772. The molecule has 2 aromatic heterocycles. The number of amides is 2. The van der Waals surface area contributed by atoms with Crippen molar-refractivity contribution in [2.24, 2.45) is 9.50 Å². The number of nitrogens with zero attached hydrogens (tertiary/aromatic N) is 4. The molecule has 2 aliphatic carbocycles. The fourth-order valence-corrected chi connectivity index (χ4v) is 5.24. The van der Waals surface area contributed by atoms with Gasteiger partial charge in [0.25, 0.3) is 0 Å². The third-order valence-electron chi connectivity index (χ3n) is 6.09. The Hall–Kier alpha value is -3.08. The number of nitrogens with one attached hydrogen (secondary N) is 1. The highest BCUT2D eigenvalue weighted by atomic mass is 32.2. The number of rotatable bonds is 4. The Labute approximate surface area is 192 Å². The van der Waals surface area contributed by atoms with Crippen LogP contribution in [0.5, 0.6) is 0 Å². The number of anilines is 1. The molecule has 0 saturated heterocycles. The van der Waals surface area contributed by atoms with Gasteiger partial charge < -0.3 is 10.4 Å². The van der Waals surface area contributed by atoms with Crippen molar-refractivity contribution in [3.05, 3.63) is 64.6 Å². The zero-order valence-electron chi connectivity index (χ0n) is 18.5. The van der Waals surface area contributed by atoms with Gasteiger partial charge in [-0.3, -0.25) is 4.98 Å². The monoisotopic (exact) mass is 466 g/mol. The summed E-state index contributed by atoms with van der Waals surface area (Å²) < 4.78 is 18.6. The second kappa shape index (κ2) is 7.75. The second-order valence-electron chi connectivity index (χ2n) is 8.96. The minimum atomic E-state index is -3.66. The summed E-state index contributed by atoms with van der Waals surface area (Å²) in [5.74, 6) is 0. The van der Waals surface area contributed by atoms with Crippen molar-refractivity contribution < 1.29 is 14.1 Å². The fourth-order valence-electron chi connectivity index (χ4n) is 4.37. The highest BCUT2D eigenvalue weighted by molar-refractivity contribution is 7.91. The summed E-state index contributed by atoms with van der Waals surface area (Å²) in [6, 6.07) is 9.76. The number of hydrogen-bond acceptors (Lipinski definition) is 5. The molecule has 0 fully saturated rings. The van der Waals surface area contributed by atoms with Gasteiger partial charge in [-0.15, -0.1) is 4.36 Å². The number of aliphatic hydroxyl groups is 1. The molecule has 4 N–H and O–H groups in total. The number of benzene rings is 1. The maximum Gasteiger partial charge on any atom is 0.354 e. The average Bonchev–Trinajstić information content (AvgIpc) is 3.38. The lowest BCUT2D eigenvalue weighted by molar-refractivity contribution is 0.0711. The Morgan fingerprint density at radius 1 is 1.15 bits per heavy atom. The molecular weight excluding hydrogens is 440 g/mol. The third kappa shape index (κ3) is 3.94. The van der Waals surface area contributed by atoms with Crippen LogP contribution in [0.2, 0.25) is 0 Å². The molecule has 0 radical (unpaired) electrons. The molecule has 172 valence electrons. The smallest absolute Gasteiger partial charge is 0.354 e. The molecule has 9 nitrogen and oxygen atoms in total. The number of carbonyl (C=O) groups is 1. The molecule has 0 aliphatic heterocycles. The van der Waals surface area contributed by atoms with Crippen LogP contribution in [-0.2, 0) is 41.2 Å².